The summed E-state index contributed by atoms with van der Waals surface area (Å²) in [6, 6.07) is 0. The number of hydrogen-bond acceptors (Lipinski definition) is 2. The largest absolute Gasteiger partial charge is 0.419 e. The van der Waals surface area contributed by atoms with E-state index in [-0.39, 0.29) is 0 Å². The van der Waals surface area contributed by atoms with Gasteiger partial charge in [0.25, 0.3) is 5.24 Å². The molecule has 0 unspecified atom stereocenters. The van der Waals surface area contributed by atoms with Gasteiger partial charge in [0.15, 0.2) is 0 Å². The van der Waals surface area contributed by atoms with Crippen molar-refractivity contribution in [3.05, 3.63) is 28.5 Å². The number of carbonyl (C=O) groups is 1. The highest BCUT2D eigenvalue weighted by Crippen LogP contribution is 2.35. The number of hydrogen-bond donors (Lipinski definition) is 0. The quantitative estimate of drug-likeness (QED) is 0.710. The van der Waals surface area contributed by atoms with Gasteiger partial charge in [-0.05, 0) is 11.6 Å². The molecule has 76 valence electrons. The molecule has 0 fully saturated rings. The van der Waals surface area contributed by atoms with Gasteiger partial charge in [-0.2, -0.15) is 13.2 Å². The van der Waals surface area contributed by atoms with Gasteiger partial charge in [0.2, 0.25) is 0 Å². The first-order valence-electron chi connectivity index (χ1n) is 3.24. The van der Waals surface area contributed by atoms with Crippen molar-refractivity contribution in [1.82, 2.24) is 4.98 Å². The van der Waals surface area contributed by atoms with E-state index in [4.69, 9.17) is 23.2 Å². The molecule has 1 heterocycles. The minimum atomic E-state index is -4.65. The molecule has 2 nitrogen and oxygen atoms in total. The van der Waals surface area contributed by atoms with Gasteiger partial charge in [-0.15, -0.1) is 0 Å². The van der Waals surface area contributed by atoms with E-state index in [9.17, 15) is 18.0 Å². The number of halogens is 5. The molecule has 0 aromatic carbocycles. The van der Waals surface area contributed by atoms with Crippen LogP contribution in [0, 0.1) is 0 Å². The Morgan fingerprint density at radius 2 is 1.93 bits per heavy atom. The first-order chi connectivity index (χ1) is 6.34. The van der Waals surface area contributed by atoms with Gasteiger partial charge in [0.05, 0.1) is 16.1 Å². The Hall–Kier alpha value is -0.810. The summed E-state index contributed by atoms with van der Waals surface area (Å²) in [5, 5.41) is -1.80. The summed E-state index contributed by atoms with van der Waals surface area (Å²) >= 11 is 10.3. The Morgan fingerprint density at radius 3 is 2.36 bits per heavy atom. The average Bonchev–Trinajstić information content (AvgIpc) is 2.01. The maximum atomic E-state index is 12.2. The first-order valence-corrected chi connectivity index (χ1v) is 4.00. The van der Waals surface area contributed by atoms with E-state index in [1.807, 2.05) is 0 Å². The monoisotopic (exact) mass is 243 g/mol. The predicted octanol–water partition coefficient (Wildman–Crippen LogP) is 3.13. The number of aromatic nitrogens is 1. The van der Waals surface area contributed by atoms with Crippen molar-refractivity contribution >= 4 is 28.4 Å². The van der Waals surface area contributed by atoms with Gasteiger partial charge in [0.1, 0.15) is 0 Å². The highest BCUT2D eigenvalue weighted by molar-refractivity contribution is 6.68. The second-order valence-electron chi connectivity index (χ2n) is 2.32. The number of carbonyl (C=O) groups excluding carboxylic acids is 1. The lowest BCUT2D eigenvalue weighted by molar-refractivity contribution is -0.137. The zero-order valence-corrected chi connectivity index (χ0v) is 7.91. The molecule has 0 radical (unpaired) electrons. The van der Waals surface area contributed by atoms with Crippen molar-refractivity contribution < 1.29 is 18.0 Å². The van der Waals surface area contributed by atoms with E-state index in [0.29, 0.717) is 6.20 Å². The van der Waals surface area contributed by atoms with Crippen LogP contribution in [0.5, 0.6) is 0 Å². The summed E-state index contributed by atoms with van der Waals surface area (Å²) in [6.07, 6.45) is -3.23. The number of pyridine rings is 1. The SMILES string of the molecule is O=C(Cl)c1cncc(C(F)(F)F)c1Cl. The Bertz CT molecular complexity index is 378. The van der Waals surface area contributed by atoms with Crippen LogP contribution in [0.2, 0.25) is 5.02 Å². The molecular weight excluding hydrogens is 242 g/mol. The smallest absolute Gasteiger partial charge is 0.275 e. The van der Waals surface area contributed by atoms with E-state index in [1.165, 1.54) is 0 Å². The lowest BCUT2D eigenvalue weighted by atomic mass is 10.2. The second-order valence-corrected chi connectivity index (χ2v) is 3.04. The summed E-state index contributed by atoms with van der Waals surface area (Å²) in [4.78, 5) is 13.8. The zero-order valence-electron chi connectivity index (χ0n) is 6.40. The van der Waals surface area contributed by atoms with Crippen LogP contribution < -0.4 is 0 Å². The van der Waals surface area contributed by atoms with Gasteiger partial charge < -0.3 is 0 Å². The Labute approximate surface area is 86.6 Å². The Kier molecular flexibility index (Phi) is 3.01. The molecular formula is C7H2Cl2F3NO. The van der Waals surface area contributed by atoms with Crippen LogP contribution in [0.4, 0.5) is 13.2 Å². The van der Waals surface area contributed by atoms with Crippen molar-refractivity contribution in [2.75, 3.05) is 0 Å². The average molecular weight is 244 g/mol. The summed E-state index contributed by atoms with van der Waals surface area (Å²) in [5.74, 6) is 0. The first kappa shape index (κ1) is 11.3. The van der Waals surface area contributed by atoms with E-state index in [0.717, 1.165) is 6.20 Å². The summed E-state index contributed by atoms with van der Waals surface area (Å²) < 4.78 is 36.6. The molecule has 14 heavy (non-hydrogen) atoms. The van der Waals surface area contributed by atoms with Crippen molar-refractivity contribution in [2.45, 2.75) is 6.18 Å². The highest BCUT2D eigenvalue weighted by Gasteiger charge is 2.35. The summed E-state index contributed by atoms with van der Waals surface area (Å²) in [7, 11) is 0. The maximum absolute atomic E-state index is 12.2. The molecule has 0 aliphatic rings. The maximum Gasteiger partial charge on any atom is 0.419 e. The molecule has 0 aliphatic carbocycles. The lowest BCUT2D eigenvalue weighted by Gasteiger charge is -2.09. The van der Waals surface area contributed by atoms with Crippen LogP contribution in [0.3, 0.4) is 0 Å². The van der Waals surface area contributed by atoms with Crippen molar-refractivity contribution in [3.63, 3.8) is 0 Å². The van der Waals surface area contributed by atoms with E-state index in [2.05, 4.69) is 4.98 Å². The van der Waals surface area contributed by atoms with Crippen LogP contribution in [-0.4, -0.2) is 10.2 Å². The van der Waals surface area contributed by atoms with Gasteiger partial charge in [-0.3, -0.25) is 9.78 Å². The molecule has 0 amide bonds. The standard InChI is InChI=1S/C7H2Cl2F3NO/c8-5-3(6(9)14)1-13-2-4(5)7(10,11)12/h1-2H. The van der Waals surface area contributed by atoms with Crippen molar-refractivity contribution in [1.29, 1.82) is 0 Å². The minimum absolute atomic E-state index is 0.455. The second kappa shape index (κ2) is 3.74. The van der Waals surface area contributed by atoms with Gasteiger partial charge in [-0.1, -0.05) is 11.6 Å². The molecule has 0 N–H and O–H groups in total. The van der Waals surface area contributed by atoms with Crippen LogP contribution in [0.1, 0.15) is 15.9 Å². The molecule has 0 saturated carbocycles. The molecule has 7 heteroatoms. The Balaban J connectivity index is 3.35. The number of alkyl halides is 3. The fraction of sp³-hybridized carbons (Fsp3) is 0.143. The fourth-order valence-electron chi connectivity index (χ4n) is 0.779. The van der Waals surface area contributed by atoms with Gasteiger partial charge >= 0.3 is 6.18 Å². The predicted molar refractivity (Wildman–Crippen MR) is 44.4 cm³/mol. The highest BCUT2D eigenvalue weighted by atomic mass is 35.5. The molecule has 0 bridgehead atoms. The number of nitrogens with zero attached hydrogens (tertiary/aromatic N) is 1. The molecule has 0 aliphatic heterocycles. The van der Waals surface area contributed by atoms with Crippen LogP contribution in [-0.2, 0) is 6.18 Å². The van der Waals surface area contributed by atoms with Crippen molar-refractivity contribution in [3.8, 4) is 0 Å². The summed E-state index contributed by atoms with van der Waals surface area (Å²) in [6.45, 7) is 0. The third-order valence-corrected chi connectivity index (χ3v) is 2.01. The van der Waals surface area contributed by atoms with Gasteiger partial charge in [-0.25, -0.2) is 0 Å². The van der Waals surface area contributed by atoms with Crippen LogP contribution in [0.25, 0.3) is 0 Å². The number of rotatable bonds is 1. The summed E-state index contributed by atoms with van der Waals surface area (Å²) in [5.41, 5.74) is -1.63. The zero-order chi connectivity index (χ0) is 10.9. The molecule has 0 saturated heterocycles. The Morgan fingerprint density at radius 1 is 1.36 bits per heavy atom. The molecule has 1 aromatic heterocycles. The van der Waals surface area contributed by atoms with Gasteiger partial charge in [0, 0.05) is 12.4 Å². The van der Waals surface area contributed by atoms with Crippen LogP contribution in [0.15, 0.2) is 12.4 Å². The normalized spacial score (nSPS) is 11.5. The molecule has 1 rings (SSSR count). The van der Waals surface area contributed by atoms with Crippen molar-refractivity contribution in [2.24, 2.45) is 0 Å². The van der Waals surface area contributed by atoms with Crippen LogP contribution >= 0.6 is 23.2 Å². The topological polar surface area (TPSA) is 30.0 Å². The third kappa shape index (κ3) is 2.16. The molecule has 0 spiro atoms. The molecule has 0 atom stereocenters. The third-order valence-electron chi connectivity index (χ3n) is 1.40. The fourth-order valence-corrected chi connectivity index (χ4v) is 1.26. The van der Waals surface area contributed by atoms with E-state index >= 15 is 0 Å². The van der Waals surface area contributed by atoms with E-state index in [1.54, 1.807) is 0 Å². The minimum Gasteiger partial charge on any atom is -0.275 e. The lowest BCUT2D eigenvalue weighted by Crippen LogP contribution is -2.08. The molecule has 1 aromatic rings. The van der Waals surface area contributed by atoms with E-state index < -0.39 is 27.6 Å².